The van der Waals surface area contributed by atoms with Gasteiger partial charge in [-0.2, -0.15) is 0 Å². The molecule has 5 rings (SSSR count). The van der Waals surface area contributed by atoms with Crippen LogP contribution in [0.2, 0.25) is 58.9 Å². The smallest absolute Gasteiger partial charge is 0.410 e. The van der Waals surface area contributed by atoms with Gasteiger partial charge in [-0.25, -0.2) is 9.59 Å². The van der Waals surface area contributed by atoms with Crippen LogP contribution in [0.25, 0.3) is 0 Å². The van der Waals surface area contributed by atoms with Gasteiger partial charge in [0.1, 0.15) is 31.2 Å². The van der Waals surface area contributed by atoms with Gasteiger partial charge in [0.25, 0.3) is 12.1 Å². The number of rotatable bonds is 19. The van der Waals surface area contributed by atoms with Gasteiger partial charge >= 0.3 is 12.2 Å². The molecule has 2 amide bonds. The number of likely N-dealkylation sites (N-methyl/N-ethyl adjacent to an activating group) is 2. The molecule has 13 nitrogen and oxygen atoms in total. The molecule has 2 aromatic carbocycles. The van der Waals surface area contributed by atoms with E-state index in [0.717, 1.165) is 11.1 Å². The Kier molecular flexibility index (Phi) is 16.4. The first kappa shape index (κ1) is 50.9. The largest absolute Gasteiger partial charge is 0.462 e. The Labute approximate surface area is 383 Å². The third kappa shape index (κ3) is 12.0. The fraction of sp³-hybridized carbons (Fsp3) is 0.521. The maximum Gasteiger partial charge on any atom is 0.410 e. The van der Waals surface area contributed by atoms with Gasteiger partial charge in [-0.1, -0.05) is 78.9 Å². The number of carbonyl (C=O) groups excluding carboxylic acids is 3. The molecule has 0 spiro atoms. The second-order valence-electron chi connectivity index (χ2n) is 19.8. The first-order chi connectivity index (χ1) is 30.0. The van der Waals surface area contributed by atoms with Crippen molar-refractivity contribution in [1.82, 2.24) is 9.80 Å². The molecule has 0 bridgehead atoms. The minimum absolute atomic E-state index is 0.00917. The van der Waals surface area contributed by atoms with Crippen molar-refractivity contribution in [3.63, 3.8) is 0 Å². The van der Waals surface area contributed by atoms with Gasteiger partial charge in [0, 0.05) is 25.6 Å². The highest BCUT2D eigenvalue weighted by Crippen LogP contribution is 2.51. The number of allylic oxidation sites excluding steroid dienone is 4. The van der Waals surface area contributed by atoms with Crippen molar-refractivity contribution < 1.29 is 51.3 Å². The first-order valence-corrected chi connectivity index (χ1v) is 32.2. The number of carbonyl (C=O) groups is 3. The maximum atomic E-state index is 15.1. The van der Waals surface area contributed by atoms with Crippen molar-refractivity contribution in [3.05, 3.63) is 122 Å². The number of amides is 2. The standard InChI is InChI=1S/C48H70N2O11Si3/c1-15-28-47(29-16-2,30-17-3)37-31-36(51)48(61-64(12,13)14)44(56-37)57-43-41(58-48)38(49(4)45(52)54-32-34-24-20-18-21-25-34)40(59-62(6,7)8)39(42(43)60-63(9,10)11)50(5)46(53)55-33-35-26-22-19-23-27-35/h15-27,31,38-44H,1-3,28-30,32-33H2,4-14H3/t38-,39+,40+,41+,42-,43-,44-,48+/m0/s1. The summed E-state index contributed by atoms with van der Waals surface area (Å²) in [7, 11) is -4.59. The lowest BCUT2D eigenvalue weighted by molar-refractivity contribution is -0.402. The van der Waals surface area contributed by atoms with Crippen LogP contribution >= 0.6 is 0 Å². The molecule has 2 heterocycles. The predicted octanol–water partition coefficient (Wildman–Crippen LogP) is 9.57. The van der Waals surface area contributed by atoms with Crippen LogP contribution in [0.1, 0.15) is 30.4 Å². The summed E-state index contributed by atoms with van der Waals surface area (Å²) in [6.45, 7) is 30.1. The van der Waals surface area contributed by atoms with Gasteiger partial charge < -0.3 is 46.8 Å². The fourth-order valence-corrected chi connectivity index (χ4v) is 12.0. The summed E-state index contributed by atoms with van der Waals surface area (Å²) in [5, 5.41) is 0. The molecule has 0 N–H and O–H groups in total. The fourth-order valence-electron chi connectivity index (χ4n) is 8.68. The molecule has 64 heavy (non-hydrogen) atoms. The van der Waals surface area contributed by atoms with Crippen LogP contribution in [0.3, 0.4) is 0 Å². The number of benzene rings is 2. The van der Waals surface area contributed by atoms with E-state index < -0.39 is 96.9 Å². The number of hydrogen-bond acceptors (Lipinski definition) is 11. The summed E-state index contributed by atoms with van der Waals surface area (Å²) < 4.78 is 54.4. The maximum absolute atomic E-state index is 15.1. The molecule has 2 fully saturated rings. The number of hydrogen-bond donors (Lipinski definition) is 0. The summed E-state index contributed by atoms with van der Waals surface area (Å²) in [6.07, 6.45) is 1.21. The lowest BCUT2D eigenvalue weighted by Gasteiger charge is -2.61. The van der Waals surface area contributed by atoms with E-state index in [4.69, 9.17) is 37.0 Å². The highest BCUT2D eigenvalue weighted by atomic mass is 28.4. The molecule has 2 aliphatic heterocycles. The van der Waals surface area contributed by atoms with Crippen molar-refractivity contribution in [2.75, 3.05) is 14.1 Å². The highest BCUT2D eigenvalue weighted by molar-refractivity contribution is 6.70. The molecule has 0 aromatic heterocycles. The summed E-state index contributed by atoms with van der Waals surface area (Å²) in [6, 6.07) is 16.8. The Morgan fingerprint density at radius 1 is 0.688 bits per heavy atom. The minimum Gasteiger partial charge on any atom is -0.462 e. The van der Waals surface area contributed by atoms with Crippen LogP contribution in [-0.4, -0.2) is 115 Å². The predicted molar refractivity (Wildman–Crippen MR) is 255 cm³/mol. The van der Waals surface area contributed by atoms with E-state index in [1.807, 2.05) is 120 Å². The topological polar surface area (TPSA) is 132 Å². The van der Waals surface area contributed by atoms with E-state index in [1.165, 1.54) is 15.9 Å². The van der Waals surface area contributed by atoms with E-state index in [1.54, 1.807) is 32.3 Å². The van der Waals surface area contributed by atoms with Gasteiger partial charge in [-0.3, -0.25) is 4.79 Å². The Balaban J connectivity index is 1.73. The van der Waals surface area contributed by atoms with Gasteiger partial charge in [-0.05, 0) is 89.3 Å². The molecule has 1 saturated heterocycles. The van der Waals surface area contributed by atoms with Crippen molar-refractivity contribution in [3.8, 4) is 0 Å². The third-order valence-corrected chi connectivity index (χ3v) is 14.1. The zero-order valence-electron chi connectivity index (χ0n) is 39.7. The second-order valence-corrected chi connectivity index (χ2v) is 33.2. The monoisotopic (exact) mass is 934 g/mol. The van der Waals surface area contributed by atoms with Crippen LogP contribution in [0, 0.1) is 5.41 Å². The Morgan fingerprint density at radius 2 is 1.14 bits per heavy atom. The molecule has 2 aromatic rings. The summed E-state index contributed by atoms with van der Waals surface area (Å²) in [4.78, 5) is 46.9. The zero-order chi connectivity index (χ0) is 47.3. The van der Waals surface area contributed by atoms with Crippen LogP contribution in [0.4, 0.5) is 9.59 Å². The first-order valence-electron chi connectivity index (χ1n) is 22.0. The number of ether oxygens (including phenoxy) is 5. The van der Waals surface area contributed by atoms with Crippen LogP contribution in [0.15, 0.2) is 110 Å². The third-order valence-electron chi connectivity index (χ3n) is 11.2. The van der Waals surface area contributed by atoms with E-state index in [2.05, 4.69) is 19.7 Å². The number of nitrogens with zero attached hydrogens (tertiary/aromatic N) is 2. The zero-order valence-corrected chi connectivity index (χ0v) is 42.7. The SMILES string of the molecule is C=CCC(CC=C)(CC=C)C1=CC(=O)[C@]2(O[Si](C)(C)C)O[C@H]3[C@H](O[C@@H]2O1)[C@@H](O[Si](C)(C)C)[C@H](N(C)C(=O)OCc1ccccc1)[C@H](O[Si](C)(C)C)[C@@H]3N(C)C(=O)OCc1ccccc1. The molecular formula is C48H70N2O11Si3. The van der Waals surface area contributed by atoms with E-state index in [0.29, 0.717) is 25.0 Å². The van der Waals surface area contributed by atoms with Crippen molar-refractivity contribution >= 4 is 42.9 Å². The molecule has 350 valence electrons. The molecule has 8 atom stereocenters. The van der Waals surface area contributed by atoms with Crippen LogP contribution in [-0.2, 0) is 55.0 Å². The van der Waals surface area contributed by atoms with Crippen LogP contribution < -0.4 is 0 Å². The number of ketones is 1. The average Bonchev–Trinajstić information content (AvgIpc) is 3.20. The highest BCUT2D eigenvalue weighted by Gasteiger charge is 2.69. The normalized spacial score (nSPS) is 26.0. The Hall–Kier alpha value is -4.14. The lowest BCUT2D eigenvalue weighted by Crippen LogP contribution is -2.80. The molecule has 0 radical (unpaired) electrons. The van der Waals surface area contributed by atoms with E-state index in [-0.39, 0.29) is 13.2 Å². The number of fused-ring (bicyclic) bond motifs is 2. The molecular weight excluding hydrogens is 865 g/mol. The van der Waals surface area contributed by atoms with E-state index in [9.17, 15) is 9.59 Å². The second kappa shape index (κ2) is 20.6. The lowest BCUT2D eigenvalue weighted by atomic mass is 9.74. The Morgan fingerprint density at radius 3 is 1.58 bits per heavy atom. The molecule has 1 aliphatic carbocycles. The van der Waals surface area contributed by atoms with Gasteiger partial charge in [0.2, 0.25) is 5.78 Å². The summed E-state index contributed by atoms with van der Waals surface area (Å²) >= 11 is 0. The Bertz CT molecular complexity index is 1970. The van der Waals surface area contributed by atoms with Crippen molar-refractivity contribution in [1.29, 1.82) is 0 Å². The van der Waals surface area contributed by atoms with E-state index >= 15 is 4.79 Å². The minimum atomic E-state index is -2.70. The molecule has 16 heteroatoms. The van der Waals surface area contributed by atoms with Crippen molar-refractivity contribution in [2.45, 2.75) is 140 Å². The van der Waals surface area contributed by atoms with Crippen molar-refractivity contribution in [2.24, 2.45) is 5.41 Å². The molecule has 1 saturated carbocycles. The van der Waals surface area contributed by atoms with Gasteiger partial charge in [0.05, 0.1) is 24.3 Å². The van der Waals surface area contributed by atoms with Gasteiger partial charge in [0.15, 0.2) is 25.0 Å². The quantitative estimate of drug-likeness (QED) is 0.0986. The molecule has 3 aliphatic rings. The van der Waals surface area contributed by atoms with Crippen LogP contribution in [0.5, 0.6) is 0 Å². The van der Waals surface area contributed by atoms with Gasteiger partial charge in [-0.15, -0.1) is 19.7 Å². The molecule has 0 unspecified atom stereocenters. The summed E-state index contributed by atoms with van der Waals surface area (Å²) in [5.41, 5.74) is 0.835. The summed E-state index contributed by atoms with van der Waals surface area (Å²) in [5.74, 6) is -2.26. The average molecular weight is 935 g/mol.